The molecule has 3 aromatic rings. The summed E-state index contributed by atoms with van der Waals surface area (Å²) in [4.78, 5) is 20.7. The van der Waals surface area contributed by atoms with Crippen molar-refractivity contribution in [3.05, 3.63) is 53.7 Å². The predicted molar refractivity (Wildman–Crippen MR) is 113 cm³/mol. The number of rotatable bonds is 6. The van der Waals surface area contributed by atoms with E-state index < -0.39 is 0 Å². The van der Waals surface area contributed by atoms with Crippen LogP contribution in [0.15, 0.2) is 41.2 Å². The number of hydrogen-bond donors (Lipinski definition) is 1. The number of carbonyl (C=O) groups excluding carboxylic acids is 1. The molecule has 1 N–H and O–H groups in total. The average molecular weight is 407 g/mol. The molecule has 1 saturated heterocycles. The van der Waals surface area contributed by atoms with Gasteiger partial charge in [0.2, 0.25) is 5.91 Å². The zero-order valence-corrected chi connectivity index (χ0v) is 17.2. The van der Waals surface area contributed by atoms with Crippen molar-refractivity contribution in [3.8, 4) is 0 Å². The molecule has 4 rings (SSSR count). The predicted octanol–water partition coefficient (Wildman–Crippen LogP) is 2.50. The number of amides is 1. The van der Waals surface area contributed by atoms with Gasteiger partial charge < -0.3 is 19.6 Å². The van der Waals surface area contributed by atoms with Crippen LogP contribution in [-0.4, -0.2) is 57.3 Å². The Balaban J connectivity index is 1.27. The molecule has 0 saturated carbocycles. The molecule has 3 aromatic heterocycles. The molecule has 30 heavy (non-hydrogen) atoms. The number of pyridine rings is 1. The van der Waals surface area contributed by atoms with Crippen molar-refractivity contribution < 1.29 is 9.32 Å². The van der Waals surface area contributed by atoms with Crippen molar-refractivity contribution in [3.63, 3.8) is 0 Å². The molecule has 0 radical (unpaired) electrons. The summed E-state index contributed by atoms with van der Waals surface area (Å²) in [6.07, 6.45) is 4.58. The number of aromatic nitrogens is 4. The Morgan fingerprint density at radius 1 is 1.07 bits per heavy atom. The highest BCUT2D eigenvalue weighted by atomic mass is 16.5. The van der Waals surface area contributed by atoms with E-state index in [1.54, 1.807) is 12.4 Å². The van der Waals surface area contributed by atoms with E-state index in [1.165, 1.54) is 0 Å². The maximum absolute atomic E-state index is 12.6. The summed E-state index contributed by atoms with van der Waals surface area (Å²) in [7, 11) is 0. The molecular formula is C21H25N7O2. The van der Waals surface area contributed by atoms with Gasteiger partial charge in [0.1, 0.15) is 5.76 Å². The summed E-state index contributed by atoms with van der Waals surface area (Å²) in [6.45, 7) is 6.63. The van der Waals surface area contributed by atoms with Gasteiger partial charge in [0, 0.05) is 56.2 Å². The summed E-state index contributed by atoms with van der Waals surface area (Å²) in [5, 5.41) is 15.7. The number of nitrogens with one attached hydrogen (secondary N) is 1. The van der Waals surface area contributed by atoms with Crippen molar-refractivity contribution in [1.29, 1.82) is 0 Å². The molecule has 9 heteroatoms. The fourth-order valence-corrected chi connectivity index (χ4v) is 3.58. The van der Waals surface area contributed by atoms with Gasteiger partial charge in [0.25, 0.3) is 0 Å². The third-order valence-corrected chi connectivity index (χ3v) is 5.33. The number of anilines is 3. The Kier molecular flexibility index (Phi) is 5.87. The van der Waals surface area contributed by atoms with Gasteiger partial charge in [-0.1, -0.05) is 5.16 Å². The van der Waals surface area contributed by atoms with Crippen LogP contribution in [0.5, 0.6) is 0 Å². The molecule has 0 atom stereocenters. The maximum Gasteiger partial charge on any atom is 0.223 e. The maximum atomic E-state index is 12.6. The fourth-order valence-electron chi connectivity index (χ4n) is 3.58. The quantitative estimate of drug-likeness (QED) is 0.665. The van der Waals surface area contributed by atoms with Crippen LogP contribution in [-0.2, 0) is 11.2 Å². The summed E-state index contributed by atoms with van der Waals surface area (Å²) in [5.41, 5.74) is 2.82. The van der Waals surface area contributed by atoms with Crippen molar-refractivity contribution in [1.82, 2.24) is 25.2 Å². The third kappa shape index (κ3) is 4.56. The monoisotopic (exact) mass is 407 g/mol. The normalized spacial score (nSPS) is 14.1. The van der Waals surface area contributed by atoms with Crippen LogP contribution >= 0.6 is 0 Å². The first kappa shape index (κ1) is 19.8. The minimum Gasteiger partial charge on any atom is -0.361 e. The number of nitrogens with zero attached hydrogens (tertiary/aromatic N) is 6. The van der Waals surface area contributed by atoms with E-state index in [0.717, 1.165) is 41.6 Å². The Morgan fingerprint density at radius 3 is 2.47 bits per heavy atom. The first-order chi connectivity index (χ1) is 14.6. The van der Waals surface area contributed by atoms with Gasteiger partial charge in [-0.05, 0) is 44.5 Å². The van der Waals surface area contributed by atoms with Crippen molar-refractivity contribution in [2.45, 2.75) is 26.7 Å². The molecule has 4 heterocycles. The number of carbonyl (C=O) groups is 1. The van der Waals surface area contributed by atoms with E-state index in [0.29, 0.717) is 31.7 Å². The molecule has 0 unspecified atom stereocenters. The van der Waals surface area contributed by atoms with Crippen LogP contribution in [0.4, 0.5) is 17.3 Å². The number of hydrogen-bond acceptors (Lipinski definition) is 8. The SMILES string of the molecule is Cc1noc(C)c1CCC(=O)N1CCN(c2ccc(Nc3ccncc3)nn2)CC1. The molecule has 156 valence electrons. The van der Waals surface area contributed by atoms with Gasteiger partial charge in [0.15, 0.2) is 11.6 Å². The van der Waals surface area contributed by atoms with Crippen LogP contribution in [0.3, 0.4) is 0 Å². The molecule has 1 aliphatic rings. The summed E-state index contributed by atoms with van der Waals surface area (Å²) in [6, 6.07) is 7.60. The molecule has 0 aromatic carbocycles. The van der Waals surface area contributed by atoms with E-state index in [4.69, 9.17) is 4.52 Å². The summed E-state index contributed by atoms with van der Waals surface area (Å²) >= 11 is 0. The third-order valence-electron chi connectivity index (χ3n) is 5.33. The van der Waals surface area contributed by atoms with E-state index >= 15 is 0 Å². The van der Waals surface area contributed by atoms with Crippen LogP contribution in [0.1, 0.15) is 23.4 Å². The standard InChI is InChI=1S/C21H25N7O2/c1-15-18(16(2)30-26-15)3-6-21(29)28-13-11-27(12-14-28)20-5-4-19(24-25-20)23-17-7-9-22-10-8-17/h4-5,7-10H,3,6,11-14H2,1-2H3,(H,22,23,24). The highest BCUT2D eigenvalue weighted by Gasteiger charge is 2.22. The summed E-state index contributed by atoms with van der Waals surface area (Å²) in [5.74, 6) is 2.46. The van der Waals surface area contributed by atoms with Gasteiger partial charge in [-0.15, -0.1) is 10.2 Å². The van der Waals surface area contributed by atoms with Crippen molar-refractivity contribution in [2.24, 2.45) is 0 Å². The van der Waals surface area contributed by atoms with Gasteiger partial charge in [-0.25, -0.2) is 0 Å². The number of aryl methyl sites for hydroxylation is 2. The van der Waals surface area contributed by atoms with E-state index in [2.05, 4.69) is 30.6 Å². The van der Waals surface area contributed by atoms with E-state index in [-0.39, 0.29) is 5.91 Å². The lowest BCUT2D eigenvalue weighted by molar-refractivity contribution is -0.131. The zero-order valence-electron chi connectivity index (χ0n) is 17.2. The van der Waals surface area contributed by atoms with E-state index in [9.17, 15) is 4.79 Å². The lowest BCUT2D eigenvalue weighted by Gasteiger charge is -2.35. The lowest BCUT2D eigenvalue weighted by Crippen LogP contribution is -2.49. The minimum absolute atomic E-state index is 0.164. The molecule has 0 aliphatic carbocycles. The lowest BCUT2D eigenvalue weighted by atomic mass is 10.1. The van der Waals surface area contributed by atoms with Crippen molar-refractivity contribution in [2.75, 3.05) is 36.4 Å². The van der Waals surface area contributed by atoms with Crippen LogP contribution in [0, 0.1) is 13.8 Å². The zero-order chi connectivity index (χ0) is 20.9. The minimum atomic E-state index is 0.164. The van der Waals surface area contributed by atoms with Gasteiger partial charge >= 0.3 is 0 Å². The number of piperazine rings is 1. The highest BCUT2D eigenvalue weighted by Crippen LogP contribution is 2.18. The molecule has 0 bridgehead atoms. The summed E-state index contributed by atoms with van der Waals surface area (Å²) < 4.78 is 5.18. The second-order valence-electron chi connectivity index (χ2n) is 7.31. The fraction of sp³-hybridized carbons (Fsp3) is 0.381. The van der Waals surface area contributed by atoms with Crippen LogP contribution in [0.25, 0.3) is 0 Å². The molecule has 0 spiro atoms. The van der Waals surface area contributed by atoms with Crippen LogP contribution < -0.4 is 10.2 Å². The van der Waals surface area contributed by atoms with E-state index in [1.807, 2.05) is 43.0 Å². The first-order valence-electron chi connectivity index (χ1n) is 10.1. The smallest absolute Gasteiger partial charge is 0.223 e. The second kappa shape index (κ2) is 8.89. The topological polar surface area (TPSA) is 100 Å². The van der Waals surface area contributed by atoms with Gasteiger partial charge in [0.05, 0.1) is 5.69 Å². The highest BCUT2D eigenvalue weighted by molar-refractivity contribution is 5.76. The van der Waals surface area contributed by atoms with Gasteiger partial charge in [-0.3, -0.25) is 9.78 Å². The second-order valence-corrected chi connectivity index (χ2v) is 7.31. The van der Waals surface area contributed by atoms with Gasteiger partial charge in [-0.2, -0.15) is 0 Å². The first-order valence-corrected chi connectivity index (χ1v) is 10.1. The Hall–Kier alpha value is -3.49. The van der Waals surface area contributed by atoms with Crippen molar-refractivity contribution >= 4 is 23.2 Å². The largest absolute Gasteiger partial charge is 0.361 e. The Morgan fingerprint density at radius 2 is 1.83 bits per heavy atom. The molecule has 1 aliphatic heterocycles. The molecule has 1 fully saturated rings. The Labute approximate surface area is 175 Å². The molecule has 9 nitrogen and oxygen atoms in total. The van der Waals surface area contributed by atoms with Crippen LogP contribution in [0.2, 0.25) is 0 Å². The molecule has 1 amide bonds. The Bertz CT molecular complexity index is 961. The molecular weight excluding hydrogens is 382 g/mol. The average Bonchev–Trinajstić information content (AvgIpc) is 3.11.